The van der Waals surface area contributed by atoms with Crippen molar-refractivity contribution in [1.82, 2.24) is 4.90 Å². The number of nitrogens with zero attached hydrogens (tertiary/aromatic N) is 1. The molecule has 5 heteroatoms. The van der Waals surface area contributed by atoms with Gasteiger partial charge in [-0.1, -0.05) is 6.07 Å². The minimum atomic E-state index is -0.500. The Morgan fingerprint density at radius 2 is 1.92 bits per heavy atom. The van der Waals surface area contributed by atoms with Gasteiger partial charge < -0.3 is 19.5 Å². The van der Waals surface area contributed by atoms with Crippen molar-refractivity contribution in [2.24, 2.45) is 17.3 Å². The van der Waals surface area contributed by atoms with E-state index in [1.807, 2.05) is 30.1 Å². The van der Waals surface area contributed by atoms with E-state index in [1.165, 1.54) is 6.42 Å². The lowest BCUT2D eigenvalue weighted by atomic mass is 9.47. The number of carbonyl (C=O) groups is 1. The molecular formula is C21H27NO4. The molecule has 1 N–H and O–H groups in total. The lowest BCUT2D eigenvalue weighted by Gasteiger charge is -2.60. The Labute approximate surface area is 154 Å². The number of carbonyl (C=O) groups excluding carboxylic acids is 1. The van der Waals surface area contributed by atoms with Gasteiger partial charge in [0.15, 0.2) is 11.5 Å². The van der Waals surface area contributed by atoms with Crippen molar-refractivity contribution in [2.45, 2.75) is 57.1 Å². The molecule has 0 aromatic heterocycles. The first kappa shape index (κ1) is 16.4. The van der Waals surface area contributed by atoms with Crippen LogP contribution < -0.4 is 9.47 Å². The van der Waals surface area contributed by atoms with Gasteiger partial charge in [0.2, 0.25) is 12.7 Å². The molecular weight excluding hydrogens is 330 g/mol. The summed E-state index contributed by atoms with van der Waals surface area (Å²) in [4.78, 5) is 14.8. The van der Waals surface area contributed by atoms with Crippen LogP contribution in [0.15, 0.2) is 18.2 Å². The lowest BCUT2D eigenvalue weighted by Crippen LogP contribution is -2.56. The summed E-state index contributed by atoms with van der Waals surface area (Å²) in [7, 11) is 1.88. The first-order valence-electron chi connectivity index (χ1n) is 9.77. The molecule has 0 unspecified atom stereocenters. The third kappa shape index (κ3) is 2.77. The third-order valence-electron chi connectivity index (χ3n) is 6.96. The average molecular weight is 357 g/mol. The first-order chi connectivity index (χ1) is 12.4. The van der Waals surface area contributed by atoms with Crippen LogP contribution in [0.2, 0.25) is 0 Å². The number of hydrogen-bond acceptors (Lipinski definition) is 4. The number of ether oxygens (including phenoxy) is 2. The summed E-state index contributed by atoms with van der Waals surface area (Å²) in [5.41, 5.74) is 0.577. The molecule has 1 amide bonds. The van der Waals surface area contributed by atoms with Crippen molar-refractivity contribution in [3.05, 3.63) is 23.8 Å². The van der Waals surface area contributed by atoms with Crippen LogP contribution in [0.4, 0.5) is 0 Å². The van der Waals surface area contributed by atoms with Gasteiger partial charge in [-0.05, 0) is 73.5 Å². The van der Waals surface area contributed by atoms with Gasteiger partial charge in [0.05, 0.1) is 5.60 Å². The fraction of sp³-hybridized carbons (Fsp3) is 0.667. The van der Waals surface area contributed by atoms with Crippen LogP contribution in [0.5, 0.6) is 11.5 Å². The zero-order valence-corrected chi connectivity index (χ0v) is 15.4. The Balaban J connectivity index is 1.27. The molecule has 140 valence electrons. The quantitative estimate of drug-likeness (QED) is 0.900. The second-order valence-corrected chi connectivity index (χ2v) is 9.30. The van der Waals surface area contributed by atoms with Gasteiger partial charge in [0.25, 0.3) is 0 Å². The number of hydrogen-bond donors (Lipinski definition) is 1. The number of benzene rings is 1. The van der Waals surface area contributed by atoms with Crippen LogP contribution >= 0.6 is 0 Å². The highest BCUT2D eigenvalue weighted by Crippen LogP contribution is 2.62. The zero-order valence-electron chi connectivity index (χ0n) is 15.4. The smallest absolute Gasteiger partial charge is 0.231 e. The molecule has 26 heavy (non-hydrogen) atoms. The summed E-state index contributed by atoms with van der Waals surface area (Å²) < 4.78 is 10.8. The number of amides is 1. The third-order valence-corrected chi connectivity index (χ3v) is 6.96. The predicted molar refractivity (Wildman–Crippen MR) is 95.7 cm³/mol. The van der Waals surface area contributed by atoms with E-state index < -0.39 is 5.60 Å². The van der Waals surface area contributed by atoms with Crippen molar-refractivity contribution in [1.29, 1.82) is 0 Å². The molecule has 5 nitrogen and oxygen atoms in total. The Morgan fingerprint density at radius 3 is 2.65 bits per heavy atom. The standard InChI is InChI=1S/C21H27NO4/c1-22(11-14-2-3-17-18(5-14)26-13-25-17)19(23)10-20-6-15-4-16(7-20)9-21(24,8-15)12-20/h2-3,5,15-16,24H,4,6-13H2,1H3/t15-,16-,20?,21?/m1/s1. The number of aliphatic hydroxyl groups is 1. The summed E-state index contributed by atoms with van der Waals surface area (Å²) in [5.74, 6) is 2.95. The summed E-state index contributed by atoms with van der Waals surface area (Å²) >= 11 is 0. The highest BCUT2D eigenvalue weighted by Gasteiger charge is 2.57. The Kier molecular flexibility index (Phi) is 3.55. The summed E-state index contributed by atoms with van der Waals surface area (Å²) in [6.07, 6.45) is 6.79. The highest BCUT2D eigenvalue weighted by molar-refractivity contribution is 5.76. The summed E-state index contributed by atoms with van der Waals surface area (Å²) in [5, 5.41) is 10.9. The predicted octanol–water partition coefficient (Wildman–Crippen LogP) is 3.10. The van der Waals surface area contributed by atoms with Crippen LogP contribution in [0.1, 0.15) is 50.5 Å². The Bertz CT molecular complexity index is 732. The van der Waals surface area contributed by atoms with Gasteiger partial charge in [0.1, 0.15) is 0 Å². The van der Waals surface area contributed by atoms with E-state index in [4.69, 9.17) is 9.47 Å². The lowest BCUT2D eigenvalue weighted by molar-refractivity contribution is -0.171. The molecule has 4 aliphatic carbocycles. The molecule has 0 saturated heterocycles. The molecule has 2 atom stereocenters. The molecule has 6 rings (SSSR count). The van der Waals surface area contributed by atoms with Crippen molar-refractivity contribution in [2.75, 3.05) is 13.8 Å². The minimum absolute atomic E-state index is 0.0268. The maximum absolute atomic E-state index is 13.0. The second kappa shape index (κ2) is 5.62. The van der Waals surface area contributed by atoms with Crippen LogP contribution in [0, 0.1) is 17.3 Å². The van der Waals surface area contributed by atoms with E-state index >= 15 is 0 Å². The minimum Gasteiger partial charge on any atom is -0.454 e. The molecule has 1 aromatic carbocycles. The van der Waals surface area contributed by atoms with Gasteiger partial charge >= 0.3 is 0 Å². The van der Waals surface area contributed by atoms with Crippen LogP contribution in [-0.4, -0.2) is 35.4 Å². The van der Waals surface area contributed by atoms with Crippen molar-refractivity contribution < 1.29 is 19.4 Å². The van der Waals surface area contributed by atoms with Gasteiger partial charge in [-0.25, -0.2) is 0 Å². The molecule has 1 aromatic rings. The van der Waals surface area contributed by atoms with Crippen LogP contribution in [0.3, 0.4) is 0 Å². The summed E-state index contributed by atoms with van der Waals surface area (Å²) in [6.45, 7) is 0.837. The van der Waals surface area contributed by atoms with E-state index in [9.17, 15) is 9.90 Å². The molecule has 4 fully saturated rings. The fourth-order valence-corrected chi connectivity index (χ4v) is 6.47. The fourth-order valence-electron chi connectivity index (χ4n) is 6.47. The van der Waals surface area contributed by atoms with Gasteiger partial charge in [-0.3, -0.25) is 4.79 Å². The molecule has 5 aliphatic rings. The second-order valence-electron chi connectivity index (χ2n) is 9.30. The molecule has 1 heterocycles. The van der Waals surface area contributed by atoms with E-state index in [1.54, 1.807) is 0 Å². The maximum Gasteiger partial charge on any atom is 0.231 e. The normalized spacial score (nSPS) is 36.4. The van der Waals surface area contributed by atoms with E-state index in [2.05, 4.69) is 0 Å². The first-order valence-corrected chi connectivity index (χ1v) is 9.77. The maximum atomic E-state index is 13.0. The number of fused-ring (bicyclic) bond motifs is 1. The molecule has 1 aliphatic heterocycles. The van der Waals surface area contributed by atoms with Crippen LogP contribution in [0.25, 0.3) is 0 Å². The van der Waals surface area contributed by atoms with Gasteiger partial charge in [-0.15, -0.1) is 0 Å². The molecule has 0 spiro atoms. The molecule has 4 bridgehead atoms. The van der Waals surface area contributed by atoms with Crippen molar-refractivity contribution >= 4 is 5.91 Å². The average Bonchev–Trinajstić information content (AvgIpc) is 2.99. The topological polar surface area (TPSA) is 59.0 Å². The van der Waals surface area contributed by atoms with E-state index in [-0.39, 0.29) is 18.1 Å². The monoisotopic (exact) mass is 357 g/mol. The van der Waals surface area contributed by atoms with Gasteiger partial charge in [0, 0.05) is 20.0 Å². The van der Waals surface area contributed by atoms with E-state index in [0.717, 1.165) is 49.2 Å². The largest absolute Gasteiger partial charge is 0.454 e. The van der Waals surface area contributed by atoms with E-state index in [0.29, 0.717) is 24.8 Å². The SMILES string of the molecule is CN(Cc1ccc2c(c1)OCO2)C(=O)CC12C[C@H]3C[C@@H](CC(O)(C3)C1)C2. The Hall–Kier alpha value is -1.75. The summed E-state index contributed by atoms with van der Waals surface area (Å²) in [6, 6.07) is 5.86. The molecule has 4 saturated carbocycles. The van der Waals surface area contributed by atoms with Crippen LogP contribution in [-0.2, 0) is 11.3 Å². The van der Waals surface area contributed by atoms with Crippen molar-refractivity contribution in [3.63, 3.8) is 0 Å². The zero-order chi connectivity index (χ0) is 17.9. The molecule has 0 radical (unpaired) electrons. The Morgan fingerprint density at radius 1 is 1.19 bits per heavy atom. The highest BCUT2D eigenvalue weighted by atomic mass is 16.7. The van der Waals surface area contributed by atoms with Gasteiger partial charge in [-0.2, -0.15) is 0 Å². The number of rotatable bonds is 4. The van der Waals surface area contributed by atoms with Crippen molar-refractivity contribution in [3.8, 4) is 11.5 Å².